The van der Waals surface area contributed by atoms with E-state index in [0.717, 1.165) is 47.8 Å². The number of hydrogen-bond acceptors (Lipinski definition) is 6. The SMILES string of the molecule is Cc1nc(CN2CCC(CNc3cc(C#N)nc4ccccc34)CC2)cs1. The Balaban J connectivity index is 1.35. The molecule has 1 aromatic carbocycles. The molecule has 1 fully saturated rings. The van der Waals surface area contributed by atoms with Gasteiger partial charge < -0.3 is 5.32 Å². The Hall–Kier alpha value is -2.49. The number of aryl methyl sites for hydroxylation is 1. The number of likely N-dealkylation sites (tertiary alicyclic amines) is 1. The molecule has 138 valence electrons. The molecule has 5 nitrogen and oxygen atoms in total. The van der Waals surface area contributed by atoms with Crippen molar-refractivity contribution in [2.24, 2.45) is 5.92 Å². The van der Waals surface area contributed by atoms with Crippen LogP contribution in [0.1, 0.15) is 29.2 Å². The number of benzene rings is 1. The van der Waals surface area contributed by atoms with Gasteiger partial charge in [0.1, 0.15) is 11.8 Å². The second-order valence-corrected chi connectivity index (χ2v) is 8.20. The minimum atomic E-state index is 0.463. The molecule has 1 saturated heterocycles. The number of nitrogens with one attached hydrogen (secondary N) is 1. The van der Waals surface area contributed by atoms with Crippen molar-refractivity contribution in [1.29, 1.82) is 5.26 Å². The third-order valence-electron chi connectivity index (χ3n) is 5.17. The Bertz CT molecular complexity index is 966. The third kappa shape index (κ3) is 4.26. The van der Waals surface area contributed by atoms with E-state index in [9.17, 15) is 5.26 Å². The first-order valence-electron chi connectivity index (χ1n) is 9.38. The zero-order valence-electron chi connectivity index (χ0n) is 15.5. The van der Waals surface area contributed by atoms with Gasteiger partial charge >= 0.3 is 0 Å². The van der Waals surface area contributed by atoms with Gasteiger partial charge in [-0.3, -0.25) is 4.90 Å². The Kier molecular flexibility index (Phi) is 5.33. The highest BCUT2D eigenvalue weighted by atomic mass is 32.1. The van der Waals surface area contributed by atoms with Gasteiger partial charge in [-0.05, 0) is 50.9 Å². The highest BCUT2D eigenvalue weighted by Crippen LogP contribution is 2.25. The fourth-order valence-electron chi connectivity index (χ4n) is 3.69. The van der Waals surface area contributed by atoms with Gasteiger partial charge in [-0.25, -0.2) is 9.97 Å². The summed E-state index contributed by atoms with van der Waals surface area (Å²) in [4.78, 5) is 11.5. The van der Waals surface area contributed by atoms with E-state index < -0.39 is 0 Å². The second-order valence-electron chi connectivity index (χ2n) is 7.14. The van der Waals surface area contributed by atoms with E-state index in [1.54, 1.807) is 11.3 Å². The van der Waals surface area contributed by atoms with Crippen LogP contribution in [0.4, 0.5) is 5.69 Å². The summed E-state index contributed by atoms with van der Waals surface area (Å²) in [6, 6.07) is 12.0. The zero-order valence-corrected chi connectivity index (χ0v) is 16.3. The lowest BCUT2D eigenvalue weighted by atomic mass is 9.96. The smallest absolute Gasteiger partial charge is 0.143 e. The molecule has 0 atom stereocenters. The van der Waals surface area contributed by atoms with Crippen molar-refractivity contribution in [2.45, 2.75) is 26.3 Å². The van der Waals surface area contributed by atoms with Gasteiger partial charge in [0.05, 0.1) is 16.2 Å². The predicted octanol–water partition coefficient (Wildman–Crippen LogP) is 4.20. The van der Waals surface area contributed by atoms with Crippen molar-refractivity contribution in [1.82, 2.24) is 14.9 Å². The van der Waals surface area contributed by atoms with Gasteiger partial charge in [-0.2, -0.15) is 5.26 Å². The van der Waals surface area contributed by atoms with Gasteiger partial charge in [0, 0.05) is 29.5 Å². The van der Waals surface area contributed by atoms with Gasteiger partial charge in [0.2, 0.25) is 0 Å². The van der Waals surface area contributed by atoms with Gasteiger partial charge in [0.15, 0.2) is 0 Å². The molecule has 0 saturated carbocycles. The topological polar surface area (TPSA) is 64.8 Å². The molecule has 0 spiro atoms. The largest absolute Gasteiger partial charge is 0.384 e. The van der Waals surface area contributed by atoms with Gasteiger partial charge in [-0.15, -0.1) is 11.3 Å². The molecule has 1 aliphatic heterocycles. The number of rotatable bonds is 5. The molecule has 2 aromatic heterocycles. The van der Waals surface area contributed by atoms with Crippen LogP contribution in [0, 0.1) is 24.2 Å². The first-order chi connectivity index (χ1) is 13.2. The van der Waals surface area contributed by atoms with Crippen LogP contribution < -0.4 is 5.32 Å². The maximum atomic E-state index is 9.24. The van der Waals surface area contributed by atoms with E-state index in [1.165, 1.54) is 18.5 Å². The van der Waals surface area contributed by atoms with Crippen LogP contribution in [0.3, 0.4) is 0 Å². The normalized spacial score (nSPS) is 15.7. The number of pyridine rings is 1. The number of hydrogen-bond donors (Lipinski definition) is 1. The Morgan fingerprint density at radius 3 is 2.81 bits per heavy atom. The number of aromatic nitrogens is 2. The molecule has 0 unspecified atom stereocenters. The van der Waals surface area contributed by atoms with Crippen molar-refractivity contribution in [3.63, 3.8) is 0 Å². The summed E-state index contributed by atoms with van der Waals surface area (Å²) >= 11 is 1.73. The molecular formula is C21H23N5S. The second kappa shape index (κ2) is 8.03. The van der Waals surface area contributed by atoms with Crippen LogP contribution in [0.2, 0.25) is 0 Å². The van der Waals surface area contributed by atoms with E-state index in [1.807, 2.05) is 24.3 Å². The number of para-hydroxylation sites is 1. The van der Waals surface area contributed by atoms with E-state index >= 15 is 0 Å². The summed E-state index contributed by atoms with van der Waals surface area (Å²) in [7, 11) is 0. The van der Waals surface area contributed by atoms with E-state index in [2.05, 4.69) is 44.6 Å². The summed E-state index contributed by atoms with van der Waals surface area (Å²) < 4.78 is 0. The number of piperidine rings is 1. The number of nitriles is 1. The molecule has 1 aliphatic rings. The monoisotopic (exact) mass is 377 g/mol. The molecule has 4 rings (SSSR count). The molecule has 3 heterocycles. The number of anilines is 1. The van der Waals surface area contributed by atoms with Crippen molar-refractivity contribution in [3.05, 3.63) is 52.1 Å². The predicted molar refractivity (Wildman–Crippen MR) is 110 cm³/mol. The van der Waals surface area contributed by atoms with Crippen LogP contribution in [-0.4, -0.2) is 34.5 Å². The first-order valence-corrected chi connectivity index (χ1v) is 10.3. The highest BCUT2D eigenvalue weighted by Gasteiger charge is 2.20. The lowest BCUT2D eigenvalue weighted by molar-refractivity contribution is 0.181. The molecule has 6 heteroatoms. The van der Waals surface area contributed by atoms with Crippen LogP contribution >= 0.6 is 11.3 Å². The van der Waals surface area contributed by atoms with Crippen molar-refractivity contribution >= 4 is 27.9 Å². The number of fused-ring (bicyclic) bond motifs is 1. The first kappa shape index (κ1) is 17.9. The summed E-state index contributed by atoms with van der Waals surface area (Å²) in [5.41, 5.74) is 3.54. The molecule has 0 bridgehead atoms. The zero-order chi connectivity index (χ0) is 18.6. The van der Waals surface area contributed by atoms with Crippen molar-refractivity contribution in [3.8, 4) is 6.07 Å². The maximum Gasteiger partial charge on any atom is 0.143 e. The van der Waals surface area contributed by atoms with Crippen LogP contribution in [0.25, 0.3) is 10.9 Å². The minimum Gasteiger partial charge on any atom is -0.384 e. The number of nitrogens with zero attached hydrogens (tertiary/aromatic N) is 4. The molecule has 27 heavy (non-hydrogen) atoms. The van der Waals surface area contributed by atoms with E-state index in [0.29, 0.717) is 11.6 Å². The summed E-state index contributed by atoms with van der Waals surface area (Å²) in [5, 5.41) is 17.2. The third-order valence-corrected chi connectivity index (χ3v) is 5.99. The Labute approximate surface area is 163 Å². The minimum absolute atomic E-state index is 0.463. The molecular weight excluding hydrogens is 354 g/mol. The summed E-state index contributed by atoms with van der Waals surface area (Å²) in [6.07, 6.45) is 2.37. The summed E-state index contributed by atoms with van der Waals surface area (Å²) in [5.74, 6) is 0.649. The number of thiazole rings is 1. The maximum absolute atomic E-state index is 9.24. The molecule has 0 radical (unpaired) electrons. The van der Waals surface area contributed by atoms with Gasteiger partial charge in [-0.1, -0.05) is 18.2 Å². The lowest BCUT2D eigenvalue weighted by Gasteiger charge is -2.31. The lowest BCUT2D eigenvalue weighted by Crippen LogP contribution is -2.35. The van der Waals surface area contributed by atoms with E-state index in [-0.39, 0.29) is 0 Å². The Morgan fingerprint density at radius 2 is 2.07 bits per heavy atom. The quantitative estimate of drug-likeness (QED) is 0.722. The molecule has 3 aromatic rings. The molecule has 1 N–H and O–H groups in total. The summed E-state index contributed by atoms with van der Waals surface area (Å²) in [6.45, 7) is 6.19. The van der Waals surface area contributed by atoms with Crippen molar-refractivity contribution < 1.29 is 0 Å². The van der Waals surface area contributed by atoms with Crippen molar-refractivity contribution in [2.75, 3.05) is 25.0 Å². The van der Waals surface area contributed by atoms with Gasteiger partial charge in [0.25, 0.3) is 0 Å². The standard InChI is InChI=1S/C21H23N5S/c1-15-24-18(14-27-15)13-26-8-6-16(7-9-26)12-23-21-10-17(11-22)25-20-5-3-2-4-19(20)21/h2-5,10,14,16H,6-9,12-13H2,1H3,(H,23,25). The van der Waals surface area contributed by atoms with Crippen LogP contribution in [0.5, 0.6) is 0 Å². The average molecular weight is 378 g/mol. The van der Waals surface area contributed by atoms with Crippen LogP contribution in [0.15, 0.2) is 35.7 Å². The molecule has 0 amide bonds. The van der Waals surface area contributed by atoms with E-state index in [4.69, 9.17) is 0 Å². The highest BCUT2D eigenvalue weighted by molar-refractivity contribution is 7.09. The van der Waals surface area contributed by atoms with Crippen LogP contribution in [-0.2, 0) is 6.54 Å². The molecule has 0 aliphatic carbocycles. The fourth-order valence-corrected chi connectivity index (χ4v) is 4.30. The fraction of sp³-hybridized carbons (Fsp3) is 0.381. The average Bonchev–Trinajstić information content (AvgIpc) is 3.11. The Morgan fingerprint density at radius 1 is 1.26 bits per heavy atom.